The van der Waals surface area contributed by atoms with Gasteiger partial charge in [-0.3, -0.25) is 14.5 Å². The fraction of sp³-hybridized carbons (Fsp3) is 0.571. The fourth-order valence-electron chi connectivity index (χ4n) is 3.49. The first-order valence-corrected chi connectivity index (χ1v) is 9.73. The van der Waals surface area contributed by atoms with Crippen LogP contribution in [0.25, 0.3) is 0 Å². The molecule has 0 radical (unpaired) electrons. The second-order valence-electron chi connectivity index (χ2n) is 8.08. The lowest BCUT2D eigenvalue weighted by molar-refractivity contribution is -0.132. The zero-order valence-corrected chi connectivity index (χ0v) is 17.4. The van der Waals surface area contributed by atoms with Gasteiger partial charge >= 0.3 is 6.09 Å². The Hall–Kier alpha value is -2.57. The first-order chi connectivity index (χ1) is 13.1. The summed E-state index contributed by atoms with van der Waals surface area (Å²) in [5.74, 6) is -0.326. The van der Waals surface area contributed by atoms with Gasteiger partial charge in [0.05, 0.1) is 0 Å². The molecule has 154 valence electrons. The molecule has 1 aliphatic rings. The number of hydrogen-bond donors (Lipinski definition) is 2. The number of nitrogens with zero attached hydrogens (tertiary/aromatic N) is 1. The molecule has 1 heterocycles. The molecular weight excluding hydrogens is 358 g/mol. The summed E-state index contributed by atoms with van der Waals surface area (Å²) in [6.45, 7) is 8.21. The molecule has 1 aromatic carbocycles. The van der Waals surface area contributed by atoms with E-state index in [-0.39, 0.29) is 11.8 Å². The van der Waals surface area contributed by atoms with Crippen molar-refractivity contribution >= 4 is 17.9 Å². The lowest BCUT2D eigenvalue weighted by Gasteiger charge is -2.37. The van der Waals surface area contributed by atoms with Crippen LogP contribution in [0.3, 0.4) is 0 Å². The third-order valence-corrected chi connectivity index (χ3v) is 5.01. The van der Waals surface area contributed by atoms with Crippen LogP contribution < -0.4 is 10.6 Å². The standard InChI is InChI=1S/C21H31N3O4/c1-6-21(12-7-13-24(21)19(27)28-20(2,3)4)18(26)23-14-15-8-10-16(11-9-15)17(25)22-5/h8-11H,6-7,12-14H2,1-5H3,(H,22,25)(H,23,26)/t21-/m0/s1. The number of benzene rings is 1. The summed E-state index contributed by atoms with van der Waals surface area (Å²) in [4.78, 5) is 38.9. The van der Waals surface area contributed by atoms with Gasteiger partial charge in [-0.05, 0) is 57.7 Å². The quantitative estimate of drug-likeness (QED) is 0.811. The van der Waals surface area contributed by atoms with Gasteiger partial charge in [0.15, 0.2) is 0 Å². The van der Waals surface area contributed by atoms with E-state index in [1.165, 1.54) is 0 Å². The number of rotatable bonds is 5. The Labute approximate surface area is 166 Å². The van der Waals surface area contributed by atoms with Gasteiger partial charge in [0, 0.05) is 25.7 Å². The second kappa shape index (κ2) is 8.63. The molecule has 1 saturated heterocycles. The average molecular weight is 389 g/mol. The number of amides is 3. The molecular formula is C21H31N3O4. The third kappa shape index (κ3) is 4.82. The molecule has 7 nitrogen and oxygen atoms in total. The number of likely N-dealkylation sites (tertiary alicyclic amines) is 1. The summed E-state index contributed by atoms with van der Waals surface area (Å²) in [5.41, 5.74) is -0.0458. The van der Waals surface area contributed by atoms with E-state index in [4.69, 9.17) is 4.74 Å². The van der Waals surface area contributed by atoms with Crippen LogP contribution in [-0.2, 0) is 16.1 Å². The number of ether oxygens (including phenoxy) is 1. The van der Waals surface area contributed by atoms with Crippen LogP contribution in [0.2, 0.25) is 0 Å². The van der Waals surface area contributed by atoms with Crippen molar-refractivity contribution in [1.82, 2.24) is 15.5 Å². The maximum absolute atomic E-state index is 13.0. The molecule has 1 aromatic rings. The van der Waals surface area contributed by atoms with Crippen molar-refractivity contribution in [2.75, 3.05) is 13.6 Å². The van der Waals surface area contributed by atoms with Crippen LogP contribution >= 0.6 is 0 Å². The van der Waals surface area contributed by atoms with Gasteiger partial charge in [-0.1, -0.05) is 19.1 Å². The van der Waals surface area contributed by atoms with Gasteiger partial charge in [0.2, 0.25) is 5.91 Å². The van der Waals surface area contributed by atoms with Crippen molar-refractivity contribution in [1.29, 1.82) is 0 Å². The topological polar surface area (TPSA) is 87.7 Å². The van der Waals surface area contributed by atoms with Crippen LogP contribution in [0.5, 0.6) is 0 Å². The molecule has 0 saturated carbocycles. The Morgan fingerprint density at radius 1 is 1.18 bits per heavy atom. The number of carbonyl (C=O) groups excluding carboxylic acids is 3. The molecule has 0 bridgehead atoms. The van der Waals surface area contributed by atoms with Crippen molar-refractivity contribution in [2.45, 2.75) is 64.6 Å². The van der Waals surface area contributed by atoms with Gasteiger partial charge in [-0.15, -0.1) is 0 Å². The van der Waals surface area contributed by atoms with Crippen LogP contribution in [-0.4, -0.2) is 47.5 Å². The van der Waals surface area contributed by atoms with Crippen molar-refractivity contribution in [3.63, 3.8) is 0 Å². The second-order valence-corrected chi connectivity index (χ2v) is 8.08. The predicted molar refractivity (Wildman–Crippen MR) is 107 cm³/mol. The predicted octanol–water partition coefficient (Wildman–Crippen LogP) is 2.84. The van der Waals surface area contributed by atoms with Crippen molar-refractivity contribution in [3.8, 4) is 0 Å². The Kier molecular flexibility index (Phi) is 6.69. The summed E-state index contributed by atoms with van der Waals surface area (Å²) in [7, 11) is 1.58. The fourth-order valence-corrected chi connectivity index (χ4v) is 3.49. The summed E-state index contributed by atoms with van der Waals surface area (Å²) in [6.07, 6.45) is 1.45. The highest BCUT2D eigenvalue weighted by Crippen LogP contribution is 2.34. The maximum atomic E-state index is 13.0. The monoisotopic (exact) mass is 389 g/mol. The average Bonchev–Trinajstić information content (AvgIpc) is 3.10. The highest BCUT2D eigenvalue weighted by Gasteiger charge is 2.49. The molecule has 0 unspecified atom stereocenters. The van der Waals surface area contributed by atoms with Crippen molar-refractivity contribution in [2.24, 2.45) is 0 Å². The minimum absolute atomic E-state index is 0.153. The highest BCUT2D eigenvalue weighted by molar-refractivity contribution is 5.94. The zero-order chi connectivity index (χ0) is 20.9. The van der Waals surface area contributed by atoms with E-state index in [2.05, 4.69) is 10.6 Å². The van der Waals surface area contributed by atoms with E-state index in [0.717, 1.165) is 12.0 Å². The van der Waals surface area contributed by atoms with Crippen molar-refractivity contribution in [3.05, 3.63) is 35.4 Å². The summed E-state index contributed by atoms with van der Waals surface area (Å²) in [5, 5.41) is 5.53. The Morgan fingerprint density at radius 3 is 2.36 bits per heavy atom. The van der Waals surface area contributed by atoms with E-state index in [0.29, 0.717) is 31.5 Å². The maximum Gasteiger partial charge on any atom is 0.411 e. The lowest BCUT2D eigenvalue weighted by Crippen LogP contribution is -2.57. The lowest BCUT2D eigenvalue weighted by atomic mass is 9.91. The third-order valence-electron chi connectivity index (χ3n) is 5.01. The molecule has 3 amide bonds. The number of carbonyl (C=O) groups is 3. The Morgan fingerprint density at radius 2 is 1.82 bits per heavy atom. The molecule has 7 heteroatoms. The van der Waals surface area contributed by atoms with Crippen molar-refractivity contribution < 1.29 is 19.1 Å². The van der Waals surface area contributed by atoms with Gasteiger partial charge in [-0.2, -0.15) is 0 Å². The zero-order valence-electron chi connectivity index (χ0n) is 17.4. The van der Waals surface area contributed by atoms with Crippen LogP contribution in [0, 0.1) is 0 Å². The molecule has 2 rings (SSSR count). The first-order valence-electron chi connectivity index (χ1n) is 9.73. The largest absolute Gasteiger partial charge is 0.444 e. The summed E-state index contributed by atoms with van der Waals surface area (Å²) >= 11 is 0. The molecule has 0 aliphatic carbocycles. The van der Waals surface area contributed by atoms with E-state index in [1.807, 2.05) is 39.8 Å². The van der Waals surface area contributed by atoms with E-state index < -0.39 is 17.2 Å². The molecule has 1 fully saturated rings. The number of nitrogens with one attached hydrogen (secondary N) is 2. The van der Waals surface area contributed by atoms with E-state index in [9.17, 15) is 14.4 Å². The minimum atomic E-state index is -0.885. The van der Waals surface area contributed by atoms with Gasteiger partial charge < -0.3 is 15.4 Å². The van der Waals surface area contributed by atoms with Crippen LogP contribution in [0.4, 0.5) is 4.79 Å². The van der Waals surface area contributed by atoms with Crippen LogP contribution in [0.1, 0.15) is 62.9 Å². The molecule has 0 spiro atoms. The van der Waals surface area contributed by atoms with E-state index in [1.54, 1.807) is 24.1 Å². The summed E-state index contributed by atoms with van der Waals surface area (Å²) in [6, 6.07) is 7.06. The Bertz CT molecular complexity index is 724. The van der Waals surface area contributed by atoms with Gasteiger partial charge in [-0.25, -0.2) is 4.79 Å². The normalized spacial score (nSPS) is 19.2. The molecule has 1 atom stereocenters. The molecule has 28 heavy (non-hydrogen) atoms. The van der Waals surface area contributed by atoms with Crippen LogP contribution in [0.15, 0.2) is 24.3 Å². The van der Waals surface area contributed by atoms with Gasteiger partial charge in [0.25, 0.3) is 5.91 Å². The van der Waals surface area contributed by atoms with E-state index >= 15 is 0 Å². The molecule has 0 aromatic heterocycles. The Balaban J connectivity index is 2.07. The van der Waals surface area contributed by atoms with Gasteiger partial charge in [0.1, 0.15) is 11.1 Å². The number of hydrogen-bond acceptors (Lipinski definition) is 4. The minimum Gasteiger partial charge on any atom is -0.444 e. The first kappa shape index (κ1) is 21.7. The summed E-state index contributed by atoms with van der Waals surface area (Å²) < 4.78 is 5.51. The molecule has 1 aliphatic heterocycles. The SMILES string of the molecule is CC[C@@]1(C(=O)NCc2ccc(C(=O)NC)cc2)CCCN1C(=O)OC(C)(C)C. The smallest absolute Gasteiger partial charge is 0.411 e. The highest BCUT2D eigenvalue weighted by atomic mass is 16.6. The molecule has 2 N–H and O–H groups in total.